The molecule has 1 aliphatic carbocycles. The molecule has 2 aromatic carbocycles. The van der Waals surface area contributed by atoms with Gasteiger partial charge in [0.25, 0.3) is 0 Å². The summed E-state index contributed by atoms with van der Waals surface area (Å²) in [5, 5.41) is 9.85. The van der Waals surface area contributed by atoms with Crippen LogP contribution in [0.15, 0.2) is 60.7 Å². The van der Waals surface area contributed by atoms with Crippen molar-refractivity contribution in [1.29, 1.82) is 0 Å². The van der Waals surface area contributed by atoms with Crippen molar-refractivity contribution in [2.24, 2.45) is 0 Å². The van der Waals surface area contributed by atoms with E-state index in [1.54, 1.807) is 0 Å². The number of aliphatic hydroxyl groups excluding tert-OH is 1. The van der Waals surface area contributed by atoms with Gasteiger partial charge in [-0.2, -0.15) is 0 Å². The Bertz CT molecular complexity index is 499. The molecular formula is C19H23NO. The molecule has 1 saturated carbocycles. The Morgan fingerprint density at radius 2 is 1.33 bits per heavy atom. The normalized spacial score (nSPS) is 21.8. The Balaban J connectivity index is 1.74. The minimum absolute atomic E-state index is 0.121. The summed E-state index contributed by atoms with van der Waals surface area (Å²) in [5.74, 6) is 0. The smallest absolute Gasteiger partial charge is 0.0555 e. The number of hydrogen-bond donors (Lipinski definition) is 1. The van der Waals surface area contributed by atoms with E-state index in [2.05, 4.69) is 65.6 Å². The van der Waals surface area contributed by atoms with Gasteiger partial charge in [-0.15, -0.1) is 0 Å². The van der Waals surface area contributed by atoms with Gasteiger partial charge < -0.3 is 5.11 Å². The molecule has 0 aliphatic heterocycles. The molecular weight excluding hydrogens is 258 g/mol. The van der Waals surface area contributed by atoms with Gasteiger partial charge in [0.15, 0.2) is 0 Å². The maximum Gasteiger partial charge on any atom is 0.0555 e. The number of aliphatic hydroxyl groups is 1. The van der Waals surface area contributed by atoms with Gasteiger partial charge in [-0.05, 0) is 30.4 Å². The van der Waals surface area contributed by atoms with Crippen LogP contribution in [0.1, 0.15) is 30.4 Å². The first-order valence-corrected chi connectivity index (χ1v) is 7.81. The predicted molar refractivity (Wildman–Crippen MR) is 85.8 cm³/mol. The number of benzene rings is 2. The van der Waals surface area contributed by atoms with Crippen LogP contribution in [0, 0.1) is 0 Å². The Morgan fingerprint density at radius 1 is 0.810 bits per heavy atom. The monoisotopic (exact) mass is 281 g/mol. The SMILES string of the molecule is OC1CCC(N(Cc2ccccc2)Cc2ccccc2)C1. The molecule has 0 heterocycles. The molecule has 0 saturated heterocycles. The lowest BCUT2D eigenvalue weighted by Crippen LogP contribution is -2.33. The van der Waals surface area contributed by atoms with E-state index in [-0.39, 0.29) is 6.10 Å². The second-order valence-electron chi connectivity index (χ2n) is 6.00. The fourth-order valence-electron chi connectivity index (χ4n) is 3.22. The van der Waals surface area contributed by atoms with E-state index in [4.69, 9.17) is 0 Å². The molecule has 0 spiro atoms. The van der Waals surface area contributed by atoms with Crippen molar-refractivity contribution in [3.8, 4) is 0 Å². The fraction of sp³-hybridized carbons (Fsp3) is 0.368. The summed E-state index contributed by atoms with van der Waals surface area (Å²) in [6.07, 6.45) is 2.81. The van der Waals surface area contributed by atoms with Crippen molar-refractivity contribution in [1.82, 2.24) is 4.90 Å². The van der Waals surface area contributed by atoms with Gasteiger partial charge in [0, 0.05) is 19.1 Å². The molecule has 3 rings (SSSR count). The van der Waals surface area contributed by atoms with Crippen LogP contribution in [0.25, 0.3) is 0 Å². The first-order chi connectivity index (χ1) is 10.3. The van der Waals surface area contributed by atoms with Crippen molar-refractivity contribution >= 4 is 0 Å². The van der Waals surface area contributed by atoms with E-state index >= 15 is 0 Å². The largest absolute Gasteiger partial charge is 0.393 e. The van der Waals surface area contributed by atoms with Gasteiger partial charge in [-0.1, -0.05) is 60.7 Å². The highest BCUT2D eigenvalue weighted by atomic mass is 16.3. The highest BCUT2D eigenvalue weighted by Crippen LogP contribution is 2.27. The van der Waals surface area contributed by atoms with Gasteiger partial charge in [0.05, 0.1) is 6.10 Å². The van der Waals surface area contributed by atoms with Gasteiger partial charge in [-0.3, -0.25) is 4.90 Å². The standard InChI is InChI=1S/C19H23NO/c21-19-12-11-18(13-19)20(14-16-7-3-1-4-8-16)15-17-9-5-2-6-10-17/h1-10,18-19,21H,11-15H2. The maximum absolute atomic E-state index is 9.85. The van der Waals surface area contributed by atoms with Gasteiger partial charge in [0.2, 0.25) is 0 Å². The van der Waals surface area contributed by atoms with Crippen molar-refractivity contribution < 1.29 is 5.11 Å². The Kier molecular flexibility index (Phi) is 4.69. The molecule has 2 aromatic rings. The quantitative estimate of drug-likeness (QED) is 0.905. The average Bonchev–Trinajstić information content (AvgIpc) is 2.95. The molecule has 2 nitrogen and oxygen atoms in total. The van der Waals surface area contributed by atoms with Crippen LogP contribution in [0.5, 0.6) is 0 Å². The van der Waals surface area contributed by atoms with Crippen LogP contribution < -0.4 is 0 Å². The lowest BCUT2D eigenvalue weighted by molar-refractivity contribution is 0.142. The molecule has 110 valence electrons. The fourth-order valence-corrected chi connectivity index (χ4v) is 3.22. The topological polar surface area (TPSA) is 23.5 Å². The summed E-state index contributed by atoms with van der Waals surface area (Å²) in [6.45, 7) is 1.90. The molecule has 2 heteroatoms. The Hall–Kier alpha value is -1.64. The lowest BCUT2D eigenvalue weighted by Gasteiger charge is -2.29. The van der Waals surface area contributed by atoms with E-state index in [1.165, 1.54) is 11.1 Å². The van der Waals surface area contributed by atoms with E-state index in [0.29, 0.717) is 6.04 Å². The molecule has 1 fully saturated rings. The second-order valence-corrected chi connectivity index (χ2v) is 6.00. The van der Waals surface area contributed by atoms with Crippen LogP contribution in [-0.4, -0.2) is 22.2 Å². The summed E-state index contributed by atoms with van der Waals surface area (Å²) in [5.41, 5.74) is 2.68. The Morgan fingerprint density at radius 3 is 1.76 bits per heavy atom. The van der Waals surface area contributed by atoms with E-state index in [1.807, 2.05) is 0 Å². The third-order valence-corrected chi connectivity index (χ3v) is 4.35. The summed E-state index contributed by atoms with van der Waals surface area (Å²) in [4.78, 5) is 2.51. The molecule has 0 aromatic heterocycles. The van der Waals surface area contributed by atoms with Crippen molar-refractivity contribution in [2.45, 2.75) is 44.5 Å². The third-order valence-electron chi connectivity index (χ3n) is 4.35. The molecule has 2 unspecified atom stereocenters. The predicted octanol–water partition coefficient (Wildman–Crippen LogP) is 3.60. The molecule has 0 amide bonds. The van der Waals surface area contributed by atoms with Crippen molar-refractivity contribution in [3.63, 3.8) is 0 Å². The van der Waals surface area contributed by atoms with Gasteiger partial charge in [-0.25, -0.2) is 0 Å². The summed E-state index contributed by atoms with van der Waals surface area (Å²) < 4.78 is 0. The number of rotatable bonds is 5. The summed E-state index contributed by atoms with van der Waals surface area (Å²) >= 11 is 0. The minimum Gasteiger partial charge on any atom is -0.393 e. The van der Waals surface area contributed by atoms with E-state index in [0.717, 1.165) is 32.4 Å². The van der Waals surface area contributed by atoms with E-state index in [9.17, 15) is 5.11 Å². The number of nitrogens with zero attached hydrogens (tertiary/aromatic N) is 1. The summed E-state index contributed by atoms with van der Waals surface area (Å²) in [6, 6.07) is 21.7. The highest BCUT2D eigenvalue weighted by molar-refractivity contribution is 5.17. The summed E-state index contributed by atoms with van der Waals surface area (Å²) in [7, 11) is 0. The average molecular weight is 281 g/mol. The van der Waals surface area contributed by atoms with Crippen LogP contribution in [0.3, 0.4) is 0 Å². The molecule has 1 N–H and O–H groups in total. The van der Waals surface area contributed by atoms with Crippen LogP contribution >= 0.6 is 0 Å². The zero-order chi connectivity index (χ0) is 14.5. The van der Waals surface area contributed by atoms with Crippen molar-refractivity contribution in [3.05, 3.63) is 71.8 Å². The van der Waals surface area contributed by atoms with Gasteiger partial charge >= 0.3 is 0 Å². The van der Waals surface area contributed by atoms with Crippen LogP contribution in [-0.2, 0) is 13.1 Å². The first-order valence-electron chi connectivity index (χ1n) is 7.81. The maximum atomic E-state index is 9.85. The molecule has 1 aliphatic rings. The molecule has 0 bridgehead atoms. The van der Waals surface area contributed by atoms with E-state index < -0.39 is 0 Å². The molecule has 2 atom stereocenters. The number of hydrogen-bond acceptors (Lipinski definition) is 2. The first kappa shape index (κ1) is 14.3. The Labute approximate surface area is 127 Å². The highest BCUT2D eigenvalue weighted by Gasteiger charge is 2.28. The zero-order valence-electron chi connectivity index (χ0n) is 12.4. The van der Waals surface area contributed by atoms with Crippen LogP contribution in [0.4, 0.5) is 0 Å². The second kappa shape index (κ2) is 6.88. The molecule has 21 heavy (non-hydrogen) atoms. The van der Waals surface area contributed by atoms with Crippen LogP contribution in [0.2, 0.25) is 0 Å². The zero-order valence-corrected chi connectivity index (χ0v) is 12.4. The lowest BCUT2D eigenvalue weighted by atomic mass is 10.1. The van der Waals surface area contributed by atoms with Crippen molar-refractivity contribution in [2.75, 3.05) is 0 Å². The minimum atomic E-state index is -0.121. The third kappa shape index (κ3) is 3.93. The van der Waals surface area contributed by atoms with Gasteiger partial charge in [0.1, 0.15) is 0 Å². The molecule has 0 radical (unpaired) electrons.